The van der Waals surface area contributed by atoms with Crippen molar-refractivity contribution >= 4 is 0 Å². The first-order valence-corrected chi connectivity index (χ1v) is 4.57. The second kappa shape index (κ2) is 3.80. The number of allylic oxidation sites excluding steroid dienone is 1. The van der Waals surface area contributed by atoms with Crippen LogP contribution in [-0.4, -0.2) is 5.11 Å². The first-order valence-electron chi connectivity index (χ1n) is 4.57. The van der Waals surface area contributed by atoms with Crippen LogP contribution in [-0.2, 0) is 0 Å². The third kappa shape index (κ3) is 2.57. The normalized spacial score (nSPS) is 31.7. The Hall–Kier alpha value is -0.460. The predicted octanol–water partition coefficient (Wildman–Crippen LogP) is 3.27. The Morgan fingerprint density at radius 3 is 2.64 bits per heavy atom. The number of aliphatic hydroxyl groups excluding tert-OH is 1. The third-order valence-electron chi connectivity index (χ3n) is 2.79. The molecule has 0 aromatic heterocycles. The van der Waals surface area contributed by atoms with Gasteiger partial charge in [-0.3, -0.25) is 0 Å². The molecule has 1 fully saturated rings. The Labute approximate surface area is 69.1 Å². The lowest BCUT2D eigenvalue weighted by atomic mass is 9.78. The molecule has 1 aliphatic carbocycles. The fraction of sp³-hybridized carbons (Fsp3) is 0.800. The Morgan fingerprint density at radius 1 is 1.45 bits per heavy atom. The van der Waals surface area contributed by atoms with Crippen LogP contribution in [0.15, 0.2) is 12.3 Å². The summed E-state index contributed by atoms with van der Waals surface area (Å²) >= 11 is 0. The van der Waals surface area contributed by atoms with E-state index in [9.17, 15) is 0 Å². The SMILES string of the molecule is C=C(O)CC1CCCCC1C. The van der Waals surface area contributed by atoms with Gasteiger partial charge in [0.05, 0.1) is 5.76 Å². The highest BCUT2D eigenvalue weighted by molar-refractivity contribution is 4.85. The van der Waals surface area contributed by atoms with Gasteiger partial charge in [-0.1, -0.05) is 32.8 Å². The van der Waals surface area contributed by atoms with E-state index >= 15 is 0 Å². The predicted molar refractivity (Wildman–Crippen MR) is 47.5 cm³/mol. The minimum atomic E-state index is 0.365. The summed E-state index contributed by atoms with van der Waals surface area (Å²) in [4.78, 5) is 0. The fourth-order valence-electron chi connectivity index (χ4n) is 2.00. The van der Waals surface area contributed by atoms with E-state index in [0.29, 0.717) is 11.7 Å². The molecule has 0 aliphatic heterocycles. The summed E-state index contributed by atoms with van der Waals surface area (Å²) in [6.45, 7) is 5.82. The van der Waals surface area contributed by atoms with Gasteiger partial charge in [0.25, 0.3) is 0 Å². The zero-order chi connectivity index (χ0) is 8.27. The minimum absolute atomic E-state index is 0.365. The quantitative estimate of drug-likeness (QED) is 0.605. The van der Waals surface area contributed by atoms with Crippen molar-refractivity contribution in [1.29, 1.82) is 0 Å². The zero-order valence-electron chi connectivity index (χ0n) is 7.34. The average Bonchev–Trinajstić information content (AvgIpc) is 1.93. The number of hydrogen-bond donors (Lipinski definition) is 1. The summed E-state index contributed by atoms with van der Waals surface area (Å²) in [5.74, 6) is 1.85. The maximum absolute atomic E-state index is 9.03. The fourth-order valence-corrected chi connectivity index (χ4v) is 2.00. The third-order valence-corrected chi connectivity index (χ3v) is 2.79. The molecule has 1 rings (SSSR count). The van der Waals surface area contributed by atoms with Crippen molar-refractivity contribution in [3.8, 4) is 0 Å². The van der Waals surface area contributed by atoms with Gasteiger partial charge in [-0.15, -0.1) is 0 Å². The molecule has 11 heavy (non-hydrogen) atoms. The first kappa shape index (κ1) is 8.63. The van der Waals surface area contributed by atoms with Crippen molar-refractivity contribution in [2.75, 3.05) is 0 Å². The molecule has 64 valence electrons. The lowest BCUT2D eigenvalue weighted by Gasteiger charge is -2.28. The zero-order valence-corrected chi connectivity index (χ0v) is 7.34. The second-order valence-electron chi connectivity index (χ2n) is 3.79. The van der Waals surface area contributed by atoms with Gasteiger partial charge in [0.2, 0.25) is 0 Å². The standard InChI is InChI=1S/C10H18O/c1-8-5-3-4-6-10(8)7-9(2)11/h8,10-11H,2-7H2,1H3. The molecular formula is C10H18O. The summed E-state index contributed by atoms with van der Waals surface area (Å²) in [5, 5.41) is 9.03. The Kier molecular flexibility index (Phi) is 2.98. The molecule has 2 atom stereocenters. The van der Waals surface area contributed by atoms with E-state index in [4.69, 9.17) is 5.11 Å². The molecule has 1 N–H and O–H groups in total. The van der Waals surface area contributed by atoms with E-state index in [1.165, 1.54) is 25.7 Å². The Balaban J connectivity index is 2.35. The lowest BCUT2D eigenvalue weighted by Crippen LogP contribution is -2.16. The molecule has 1 nitrogen and oxygen atoms in total. The van der Waals surface area contributed by atoms with E-state index in [2.05, 4.69) is 13.5 Å². The van der Waals surface area contributed by atoms with Gasteiger partial charge in [-0.2, -0.15) is 0 Å². The van der Waals surface area contributed by atoms with Gasteiger partial charge in [0, 0.05) is 6.42 Å². The van der Waals surface area contributed by atoms with Gasteiger partial charge >= 0.3 is 0 Å². The summed E-state index contributed by atoms with van der Waals surface area (Å²) < 4.78 is 0. The maximum atomic E-state index is 9.03. The summed E-state index contributed by atoms with van der Waals surface area (Å²) in [5.41, 5.74) is 0. The molecule has 0 aromatic rings. The van der Waals surface area contributed by atoms with Crippen molar-refractivity contribution in [3.05, 3.63) is 12.3 Å². The van der Waals surface area contributed by atoms with Gasteiger partial charge in [-0.25, -0.2) is 0 Å². The largest absolute Gasteiger partial charge is 0.513 e. The van der Waals surface area contributed by atoms with Crippen LogP contribution in [0.25, 0.3) is 0 Å². The van der Waals surface area contributed by atoms with Crippen LogP contribution in [0, 0.1) is 11.8 Å². The van der Waals surface area contributed by atoms with Gasteiger partial charge in [0.1, 0.15) is 0 Å². The van der Waals surface area contributed by atoms with Crippen LogP contribution in [0.3, 0.4) is 0 Å². The van der Waals surface area contributed by atoms with E-state index in [1.54, 1.807) is 0 Å². The van der Waals surface area contributed by atoms with E-state index in [1.807, 2.05) is 0 Å². The van der Waals surface area contributed by atoms with Crippen molar-refractivity contribution in [3.63, 3.8) is 0 Å². The van der Waals surface area contributed by atoms with Gasteiger partial charge in [0.15, 0.2) is 0 Å². The Bertz CT molecular complexity index is 140. The highest BCUT2D eigenvalue weighted by Gasteiger charge is 2.21. The number of hydrogen-bond acceptors (Lipinski definition) is 1. The molecule has 1 saturated carbocycles. The van der Waals surface area contributed by atoms with Crippen LogP contribution in [0.5, 0.6) is 0 Å². The maximum Gasteiger partial charge on any atom is 0.0853 e. The van der Waals surface area contributed by atoms with Crippen LogP contribution >= 0.6 is 0 Å². The molecule has 1 aliphatic rings. The van der Waals surface area contributed by atoms with E-state index in [-0.39, 0.29) is 0 Å². The Morgan fingerprint density at radius 2 is 2.09 bits per heavy atom. The molecule has 2 unspecified atom stereocenters. The van der Waals surface area contributed by atoms with Crippen molar-refractivity contribution in [1.82, 2.24) is 0 Å². The molecule has 0 saturated heterocycles. The molecule has 1 heteroatoms. The second-order valence-corrected chi connectivity index (χ2v) is 3.79. The topological polar surface area (TPSA) is 20.2 Å². The number of rotatable bonds is 2. The van der Waals surface area contributed by atoms with E-state index in [0.717, 1.165) is 12.3 Å². The molecule has 0 aromatic carbocycles. The smallest absolute Gasteiger partial charge is 0.0853 e. The lowest BCUT2D eigenvalue weighted by molar-refractivity contribution is 0.227. The van der Waals surface area contributed by atoms with Gasteiger partial charge < -0.3 is 5.11 Å². The average molecular weight is 154 g/mol. The van der Waals surface area contributed by atoms with Crippen molar-refractivity contribution in [2.45, 2.75) is 39.0 Å². The molecular weight excluding hydrogens is 136 g/mol. The van der Waals surface area contributed by atoms with Crippen LogP contribution in [0.4, 0.5) is 0 Å². The van der Waals surface area contributed by atoms with Gasteiger partial charge in [-0.05, 0) is 18.3 Å². The molecule has 0 spiro atoms. The highest BCUT2D eigenvalue weighted by atomic mass is 16.3. The number of aliphatic hydroxyl groups is 1. The first-order chi connectivity index (χ1) is 5.20. The minimum Gasteiger partial charge on any atom is -0.513 e. The molecule has 0 amide bonds. The van der Waals surface area contributed by atoms with Crippen molar-refractivity contribution < 1.29 is 5.11 Å². The highest BCUT2D eigenvalue weighted by Crippen LogP contribution is 2.32. The summed E-state index contributed by atoms with van der Waals surface area (Å²) in [7, 11) is 0. The van der Waals surface area contributed by atoms with Crippen LogP contribution in [0.2, 0.25) is 0 Å². The van der Waals surface area contributed by atoms with E-state index < -0.39 is 0 Å². The molecule has 0 radical (unpaired) electrons. The van der Waals surface area contributed by atoms with Crippen LogP contribution in [0.1, 0.15) is 39.0 Å². The molecule has 0 bridgehead atoms. The van der Waals surface area contributed by atoms with Crippen molar-refractivity contribution in [2.24, 2.45) is 11.8 Å². The summed E-state index contributed by atoms with van der Waals surface area (Å²) in [6, 6.07) is 0. The van der Waals surface area contributed by atoms with Crippen LogP contribution < -0.4 is 0 Å². The summed E-state index contributed by atoms with van der Waals surface area (Å²) in [6.07, 6.45) is 6.14. The monoisotopic (exact) mass is 154 g/mol. The molecule has 0 heterocycles.